The Morgan fingerprint density at radius 1 is 1.39 bits per heavy atom. The van der Waals surface area contributed by atoms with Gasteiger partial charge in [-0.15, -0.1) is 11.8 Å². The van der Waals surface area contributed by atoms with Crippen LogP contribution in [0.15, 0.2) is 35.2 Å². The Morgan fingerprint density at radius 2 is 2.09 bits per heavy atom. The summed E-state index contributed by atoms with van der Waals surface area (Å²) >= 11 is 1.77. The minimum Gasteiger partial charge on any atom is -0.444 e. The van der Waals surface area contributed by atoms with E-state index in [-0.39, 0.29) is 18.2 Å². The van der Waals surface area contributed by atoms with E-state index in [0.29, 0.717) is 0 Å². The Kier molecular flexibility index (Phi) is 6.36. The Labute approximate surface area is 143 Å². The van der Waals surface area contributed by atoms with Crippen LogP contribution < -0.4 is 5.73 Å². The van der Waals surface area contributed by atoms with Crippen LogP contribution in [0.25, 0.3) is 0 Å². The third kappa shape index (κ3) is 6.07. The number of ether oxygens (including phenoxy) is 1. The van der Waals surface area contributed by atoms with E-state index in [0.717, 1.165) is 31.6 Å². The molecule has 1 aliphatic rings. The van der Waals surface area contributed by atoms with Crippen LogP contribution in [0.1, 0.15) is 40.0 Å². The highest BCUT2D eigenvalue weighted by Gasteiger charge is 2.32. The molecular weight excluding hydrogens is 308 g/mol. The zero-order valence-electron chi connectivity index (χ0n) is 14.3. The maximum atomic E-state index is 12.3. The first-order valence-electron chi connectivity index (χ1n) is 8.28. The number of benzene rings is 1. The van der Waals surface area contributed by atoms with Crippen LogP contribution in [0.4, 0.5) is 4.79 Å². The molecule has 2 N–H and O–H groups in total. The normalized spacial score (nSPS) is 19.7. The lowest BCUT2D eigenvalue weighted by molar-refractivity contribution is 0.0217. The zero-order valence-corrected chi connectivity index (χ0v) is 15.1. The fourth-order valence-electron chi connectivity index (χ4n) is 2.78. The maximum Gasteiger partial charge on any atom is 0.410 e. The van der Waals surface area contributed by atoms with Gasteiger partial charge in [-0.1, -0.05) is 18.2 Å². The molecule has 2 rings (SSSR count). The standard InChI is InChI=1S/C18H28N2O2S/c1-18(2,3)22-17(21)20-11-7-8-15(20)12-14(19)13-23-16-9-5-4-6-10-16/h4-6,9-10,14-15H,7-8,11-13,19H2,1-3H3. The van der Waals surface area contributed by atoms with E-state index in [1.54, 1.807) is 11.8 Å². The number of carbonyl (C=O) groups excluding carboxylic acids is 1. The quantitative estimate of drug-likeness (QED) is 0.829. The fourth-order valence-corrected chi connectivity index (χ4v) is 3.67. The smallest absolute Gasteiger partial charge is 0.410 e. The summed E-state index contributed by atoms with van der Waals surface area (Å²) in [6, 6.07) is 10.6. The molecule has 0 bridgehead atoms. The van der Waals surface area contributed by atoms with E-state index < -0.39 is 5.60 Å². The molecule has 2 atom stereocenters. The number of nitrogens with zero attached hydrogens (tertiary/aromatic N) is 1. The third-order valence-corrected chi connectivity index (χ3v) is 4.99. The lowest BCUT2D eigenvalue weighted by Gasteiger charge is -2.29. The van der Waals surface area contributed by atoms with Gasteiger partial charge in [0.2, 0.25) is 0 Å². The largest absolute Gasteiger partial charge is 0.444 e. The molecule has 1 fully saturated rings. The predicted octanol–water partition coefficient (Wildman–Crippen LogP) is 3.90. The van der Waals surface area contributed by atoms with Crippen LogP contribution >= 0.6 is 11.8 Å². The molecule has 0 radical (unpaired) electrons. The highest BCUT2D eigenvalue weighted by Crippen LogP contribution is 2.25. The van der Waals surface area contributed by atoms with Crippen molar-refractivity contribution in [3.05, 3.63) is 30.3 Å². The van der Waals surface area contributed by atoms with E-state index >= 15 is 0 Å². The lowest BCUT2D eigenvalue weighted by Crippen LogP contribution is -2.42. The van der Waals surface area contributed by atoms with E-state index in [1.807, 2.05) is 43.9 Å². The maximum absolute atomic E-state index is 12.3. The molecule has 1 heterocycles. The Bertz CT molecular complexity index is 501. The van der Waals surface area contributed by atoms with Crippen molar-refractivity contribution in [3.63, 3.8) is 0 Å². The lowest BCUT2D eigenvalue weighted by atomic mass is 10.1. The van der Waals surface area contributed by atoms with Crippen molar-refractivity contribution in [2.45, 2.75) is 62.6 Å². The van der Waals surface area contributed by atoms with Crippen LogP contribution in [-0.2, 0) is 4.74 Å². The van der Waals surface area contributed by atoms with Gasteiger partial charge in [0.1, 0.15) is 5.60 Å². The van der Waals surface area contributed by atoms with Crippen molar-refractivity contribution in [2.24, 2.45) is 5.73 Å². The molecule has 128 valence electrons. The van der Waals surface area contributed by atoms with Gasteiger partial charge in [0.05, 0.1) is 0 Å². The highest BCUT2D eigenvalue weighted by molar-refractivity contribution is 7.99. The average molecular weight is 337 g/mol. The molecule has 0 aromatic heterocycles. The third-order valence-electron chi connectivity index (χ3n) is 3.79. The first-order valence-corrected chi connectivity index (χ1v) is 9.27. The number of nitrogens with two attached hydrogens (primary N) is 1. The predicted molar refractivity (Wildman–Crippen MR) is 95.7 cm³/mol. The Morgan fingerprint density at radius 3 is 2.74 bits per heavy atom. The molecule has 1 aromatic rings. The molecule has 1 amide bonds. The summed E-state index contributed by atoms with van der Waals surface area (Å²) in [5.41, 5.74) is 5.84. The monoisotopic (exact) mass is 336 g/mol. The summed E-state index contributed by atoms with van der Waals surface area (Å²) in [4.78, 5) is 15.4. The molecule has 0 spiro atoms. The second-order valence-electron chi connectivity index (χ2n) is 7.09. The number of amides is 1. The van der Waals surface area contributed by atoms with E-state index in [2.05, 4.69) is 12.1 Å². The van der Waals surface area contributed by atoms with Crippen molar-refractivity contribution in [2.75, 3.05) is 12.3 Å². The molecule has 1 aromatic carbocycles. The van der Waals surface area contributed by atoms with Crippen LogP contribution in [0.5, 0.6) is 0 Å². The van der Waals surface area contributed by atoms with Gasteiger partial charge in [0.25, 0.3) is 0 Å². The van der Waals surface area contributed by atoms with Gasteiger partial charge in [-0.25, -0.2) is 4.79 Å². The van der Waals surface area contributed by atoms with Crippen LogP contribution in [0.3, 0.4) is 0 Å². The summed E-state index contributed by atoms with van der Waals surface area (Å²) in [7, 11) is 0. The number of rotatable bonds is 5. The van der Waals surface area contributed by atoms with Gasteiger partial charge in [0, 0.05) is 29.3 Å². The van der Waals surface area contributed by atoms with Crippen molar-refractivity contribution in [1.82, 2.24) is 4.90 Å². The molecule has 2 unspecified atom stereocenters. The van der Waals surface area contributed by atoms with Crippen molar-refractivity contribution in [3.8, 4) is 0 Å². The Balaban J connectivity index is 1.82. The van der Waals surface area contributed by atoms with Crippen LogP contribution in [0, 0.1) is 0 Å². The van der Waals surface area contributed by atoms with Gasteiger partial charge in [-0.3, -0.25) is 0 Å². The summed E-state index contributed by atoms with van der Waals surface area (Å²) in [6.45, 7) is 6.48. The van der Waals surface area contributed by atoms with E-state index in [1.165, 1.54) is 4.90 Å². The van der Waals surface area contributed by atoms with Gasteiger partial charge in [-0.2, -0.15) is 0 Å². The first-order chi connectivity index (χ1) is 10.8. The van der Waals surface area contributed by atoms with E-state index in [4.69, 9.17) is 10.5 Å². The topological polar surface area (TPSA) is 55.6 Å². The average Bonchev–Trinajstić information content (AvgIpc) is 2.93. The van der Waals surface area contributed by atoms with Gasteiger partial charge < -0.3 is 15.4 Å². The number of thioether (sulfide) groups is 1. The fraction of sp³-hybridized carbons (Fsp3) is 0.611. The first kappa shape index (κ1) is 18.1. The summed E-state index contributed by atoms with van der Waals surface area (Å²) in [5.74, 6) is 0.864. The van der Waals surface area contributed by atoms with E-state index in [9.17, 15) is 4.79 Å². The second-order valence-corrected chi connectivity index (χ2v) is 8.18. The number of likely N-dealkylation sites (tertiary alicyclic amines) is 1. The molecule has 5 heteroatoms. The SMILES string of the molecule is CC(C)(C)OC(=O)N1CCCC1CC(N)CSc1ccccc1. The van der Waals surface area contributed by atoms with Crippen LogP contribution in [-0.4, -0.2) is 41.0 Å². The molecule has 1 aliphatic heterocycles. The van der Waals surface area contributed by atoms with Crippen molar-refractivity contribution in [1.29, 1.82) is 0 Å². The molecular formula is C18H28N2O2S. The number of carbonyl (C=O) groups is 1. The number of hydrogen-bond donors (Lipinski definition) is 1. The van der Waals surface area contributed by atoms with Crippen molar-refractivity contribution >= 4 is 17.9 Å². The Hall–Kier alpha value is -1.20. The number of hydrogen-bond acceptors (Lipinski definition) is 4. The summed E-state index contributed by atoms with van der Waals surface area (Å²) in [6.07, 6.45) is 2.67. The summed E-state index contributed by atoms with van der Waals surface area (Å²) < 4.78 is 5.50. The van der Waals surface area contributed by atoms with Gasteiger partial charge in [0.15, 0.2) is 0 Å². The van der Waals surface area contributed by atoms with Gasteiger partial charge in [-0.05, 0) is 52.2 Å². The molecule has 0 saturated carbocycles. The zero-order chi connectivity index (χ0) is 16.9. The minimum atomic E-state index is -0.449. The van der Waals surface area contributed by atoms with Crippen LogP contribution in [0.2, 0.25) is 0 Å². The summed E-state index contributed by atoms with van der Waals surface area (Å²) in [5, 5.41) is 0. The molecule has 23 heavy (non-hydrogen) atoms. The molecule has 4 nitrogen and oxygen atoms in total. The second kappa shape index (κ2) is 8.06. The van der Waals surface area contributed by atoms with Gasteiger partial charge >= 0.3 is 6.09 Å². The molecule has 0 aliphatic carbocycles. The van der Waals surface area contributed by atoms with Crippen molar-refractivity contribution < 1.29 is 9.53 Å². The molecule has 1 saturated heterocycles. The highest BCUT2D eigenvalue weighted by atomic mass is 32.2. The minimum absolute atomic E-state index is 0.0771.